The molecule has 0 radical (unpaired) electrons. The predicted octanol–water partition coefficient (Wildman–Crippen LogP) is 6.53. The molecule has 0 saturated heterocycles. The van der Waals surface area contributed by atoms with Crippen LogP contribution in [0.4, 0.5) is 5.69 Å². The minimum absolute atomic E-state index is 0.0558. The number of carbonyl (C=O) groups is 2. The molecular weight excluding hydrogens is 595 g/mol. The molecule has 0 bridgehead atoms. The fourth-order valence-corrected chi connectivity index (χ4v) is 7.46. The van der Waals surface area contributed by atoms with E-state index in [-0.39, 0.29) is 23.4 Å². The highest BCUT2D eigenvalue weighted by Crippen LogP contribution is 2.26. The van der Waals surface area contributed by atoms with E-state index in [1.54, 1.807) is 35.2 Å². The molecule has 1 aliphatic rings. The van der Waals surface area contributed by atoms with E-state index in [0.29, 0.717) is 12.1 Å². The number of hydrogen-bond acceptors (Lipinski definition) is 4. The van der Waals surface area contributed by atoms with Crippen molar-refractivity contribution in [2.24, 2.45) is 0 Å². The molecule has 0 aromatic heterocycles. The number of hydrogen-bond donors (Lipinski definition) is 1. The first-order valence-corrected chi connectivity index (χ1v) is 17.6. The maximum absolute atomic E-state index is 14.6. The summed E-state index contributed by atoms with van der Waals surface area (Å²) in [5, 5.41) is 3.25. The normalized spacial score (nSPS) is 14.3. The lowest BCUT2D eigenvalue weighted by atomic mass is 9.94. The summed E-state index contributed by atoms with van der Waals surface area (Å²) in [4.78, 5) is 30.4. The van der Waals surface area contributed by atoms with Crippen LogP contribution in [0.5, 0.6) is 0 Å². The van der Waals surface area contributed by atoms with Crippen molar-refractivity contribution in [1.29, 1.82) is 0 Å². The maximum Gasteiger partial charge on any atom is 0.264 e. The predicted molar refractivity (Wildman–Crippen MR) is 183 cm³/mol. The summed E-state index contributed by atoms with van der Waals surface area (Å²) in [6.45, 7) is 1.73. The van der Waals surface area contributed by atoms with E-state index < -0.39 is 28.5 Å². The van der Waals surface area contributed by atoms with Gasteiger partial charge in [-0.2, -0.15) is 0 Å². The van der Waals surface area contributed by atoms with E-state index in [0.717, 1.165) is 55.2 Å². The molecule has 1 N–H and O–H groups in total. The molecule has 1 atom stereocenters. The Morgan fingerprint density at radius 3 is 1.89 bits per heavy atom. The second-order valence-electron chi connectivity index (χ2n) is 11.9. The molecule has 46 heavy (non-hydrogen) atoms. The third-order valence-electron chi connectivity index (χ3n) is 8.66. The Balaban J connectivity index is 1.54. The summed E-state index contributed by atoms with van der Waals surface area (Å²) in [7, 11) is -4.12. The minimum Gasteiger partial charge on any atom is -0.352 e. The van der Waals surface area contributed by atoms with Crippen LogP contribution in [0.25, 0.3) is 0 Å². The van der Waals surface area contributed by atoms with Crippen molar-refractivity contribution in [3.8, 4) is 0 Å². The van der Waals surface area contributed by atoms with Crippen LogP contribution in [0.2, 0.25) is 0 Å². The Kier molecular flexibility index (Phi) is 11.3. The number of anilines is 1. The Morgan fingerprint density at radius 2 is 1.30 bits per heavy atom. The number of aryl methyl sites for hydroxylation is 1. The highest BCUT2D eigenvalue weighted by molar-refractivity contribution is 7.92. The number of nitrogens with zero attached hydrogens (tertiary/aromatic N) is 2. The van der Waals surface area contributed by atoms with Gasteiger partial charge in [0.05, 0.1) is 10.6 Å². The van der Waals surface area contributed by atoms with Crippen molar-refractivity contribution in [2.45, 2.75) is 75.4 Å². The van der Waals surface area contributed by atoms with Crippen molar-refractivity contribution in [3.63, 3.8) is 0 Å². The molecule has 4 aromatic rings. The first kappa shape index (κ1) is 32.9. The third kappa shape index (κ3) is 8.43. The fourth-order valence-electron chi connectivity index (χ4n) is 6.02. The minimum atomic E-state index is -4.12. The largest absolute Gasteiger partial charge is 0.352 e. The molecule has 1 fully saturated rings. The fraction of sp³-hybridized carbons (Fsp3) is 0.316. The SMILES string of the molecule is CCc1ccc(N(CC(=O)N(Cc2ccccc2)[C@@H](Cc2ccccc2)C(=O)NC2CCCCC2)S(=O)(=O)c2ccccc2)cc1. The lowest BCUT2D eigenvalue weighted by Gasteiger charge is -2.35. The standard InChI is InChI=1S/C38H43N3O4S/c1-2-30-23-25-34(26-24-30)41(46(44,45)35-21-13-6-14-22-35)29-37(42)40(28-32-17-9-4-10-18-32)36(27-31-15-7-3-8-16-31)38(43)39-33-19-11-5-12-20-33/h3-4,6-10,13-18,21-26,33,36H,2,5,11-12,19-20,27-29H2,1H3,(H,39,43)/t36-/m0/s1. The number of nitrogens with one attached hydrogen (secondary N) is 1. The number of carbonyl (C=O) groups excluding carboxylic acids is 2. The first-order valence-electron chi connectivity index (χ1n) is 16.2. The van der Waals surface area contributed by atoms with Crippen LogP contribution in [0, 0.1) is 0 Å². The lowest BCUT2D eigenvalue weighted by molar-refractivity contribution is -0.140. The van der Waals surface area contributed by atoms with Gasteiger partial charge < -0.3 is 10.2 Å². The monoisotopic (exact) mass is 637 g/mol. The third-order valence-corrected chi connectivity index (χ3v) is 10.4. The van der Waals surface area contributed by atoms with Gasteiger partial charge in [0.15, 0.2) is 0 Å². The second-order valence-corrected chi connectivity index (χ2v) is 13.8. The molecule has 4 aromatic carbocycles. The van der Waals surface area contributed by atoms with E-state index in [9.17, 15) is 18.0 Å². The molecular formula is C38H43N3O4S. The van der Waals surface area contributed by atoms with Crippen molar-refractivity contribution in [2.75, 3.05) is 10.8 Å². The van der Waals surface area contributed by atoms with Gasteiger partial charge in [0, 0.05) is 19.0 Å². The zero-order valence-electron chi connectivity index (χ0n) is 26.4. The second kappa shape index (κ2) is 15.7. The molecule has 1 saturated carbocycles. The van der Waals surface area contributed by atoms with Crippen LogP contribution in [0.1, 0.15) is 55.7 Å². The summed E-state index contributed by atoms with van der Waals surface area (Å²) < 4.78 is 29.4. The Bertz CT molecular complexity index is 1660. The van der Waals surface area contributed by atoms with Crippen molar-refractivity contribution < 1.29 is 18.0 Å². The number of sulfonamides is 1. The van der Waals surface area contributed by atoms with E-state index in [1.807, 2.05) is 79.7 Å². The zero-order chi connectivity index (χ0) is 32.4. The Morgan fingerprint density at radius 1 is 0.739 bits per heavy atom. The highest BCUT2D eigenvalue weighted by Gasteiger charge is 2.35. The summed E-state index contributed by atoms with van der Waals surface area (Å²) in [5.74, 6) is -0.674. The van der Waals surface area contributed by atoms with E-state index in [4.69, 9.17) is 0 Å². The molecule has 7 nitrogen and oxygen atoms in total. The number of amides is 2. The van der Waals surface area contributed by atoms with Gasteiger partial charge in [0.1, 0.15) is 12.6 Å². The van der Waals surface area contributed by atoms with Gasteiger partial charge in [-0.25, -0.2) is 8.42 Å². The molecule has 0 aliphatic heterocycles. The van der Waals surface area contributed by atoms with E-state index >= 15 is 0 Å². The van der Waals surface area contributed by atoms with E-state index in [1.165, 1.54) is 16.4 Å². The summed E-state index contributed by atoms with van der Waals surface area (Å²) in [6.07, 6.45) is 6.19. The smallest absolute Gasteiger partial charge is 0.264 e. The van der Waals surface area contributed by atoms with Crippen molar-refractivity contribution in [1.82, 2.24) is 10.2 Å². The van der Waals surface area contributed by atoms with Gasteiger partial charge in [-0.05, 0) is 60.2 Å². The topological polar surface area (TPSA) is 86.8 Å². The quantitative estimate of drug-likeness (QED) is 0.181. The van der Waals surface area contributed by atoms with Gasteiger partial charge in [-0.3, -0.25) is 13.9 Å². The first-order chi connectivity index (χ1) is 22.3. The lowest BCUT2D eigenvalue weighted by Crippen LogP contribution is -2.55. The van der Waals surface area contributed by atoms with Crippen LogP contribution in [-0.4, -0.2) is 43.8 Å². The molecule has 0 unspecified atom stereocenters. The molecule has 5 rings (SSSR count). The molecule has 8 heteroatoms. The molecule has 0 spiro atoms. The van der Waals surface area contributed by atoms with Crippen LogP contribution in [0.3, 0.4) is 0 Å². The summed E-state index contributed by atoms with van der Waals surface area (Å²) in [5.41, 5.74) is 3.21. The molecule has 2 amide bonds. The Hall–Kier alpha value is -4.43. The van der Waals surface area contributed by atoms with Crippen LogP contribution < -0.4 is 9.62 Å². The Labute approximate surface area is 273 Å². The van der Waals surface area contributed by atoms with E-state index in [2.05, 4.69) is 5.32 Å². The average Bonchev–Trinajstić information content (AvgIpc) is 3.10. The van der Waals surface area contributed by atoms with Crippen LogP contribution in [-0.2, 0) is 39.0 Å². The number of benzene rings is 4. The average molecular weight is 638 g/mol. The van der Waals surface area contributed by atoms with Crippen LogP contribution in [0.15, 0.2) is 120 Å². The number of rotatable bonds is 13. The van der Waals surface area contributed by atoms with Gasteiger partial charge in [-0.1, -0.05) is 117 Å². The van der Waals surface area contributed by atoms with Gasteiger partial charge in [0.2, 0.25) is 11.8 Å². The summed E-state index contributed by atoms with van der Waals surface area (Å²) >= 11 is 0. The summed E-state index contributed by atoms with van der Waals surface area (Å²) in [6, 6.07) is 33.8. The van der Waals surface area contributed by atoms with Crippen LogP contribution >= 0.6 is 0 Å². The van der Waals surface area contributed by atoms with Crippen molar-refractivity contribution >= 4 is 27.5 Å². The van der Waals surface area contributed by atoms with Gasteiger partial charge in [0.25, 0.3) is 10.0 Å². The molecule has 1 aliphatic carbocycles. The highest BCUT2D eigenvalue weighted by atomic mass is 32.2. The molecule has 0 heterocycles. The molecule has 240 valence electrons. The van der Waals surface area contributed by atoms with Crippen molar-refractivity contribution in [3.05, 3.63) is 132 Å². The van der Waals surface area contributed by atoms with Gasteiger partial charge in [-0.15, -0.1) is 0 Å². The zero-order valence-corrected chi connectivity index (χ0v) is 27.2. The van der Waals surface area contributed by atoms with Gasteiger partial charge >= 0.3 is 0 Å². The maximum atomic E-state index is 14.6.